The van der Waals surface area contributed by atoms with Crippen LogP contribution in [0, 0.1) is 0 Å². The highest BCUT2D eigenvalue weighted by Gasteiger charge is 2.07. The Kier molecular flexibility index (Phi) is 9.44. The summed E-state index contributed by atoms with van der Waals surface area (Å²) in [6, 6.07) is 9.45. The number of phenolic OH excluding ortho intramolecular Hbond substituents is 2. The van der Waals surface area contributed by atoms with E-state index >= 15 is 0 Å². The van der Waals surface area contributed by atoms with Gasteiger partial charge in [0.1, 0.15) is 11.5 Å². The number of aromatic hydroxyl groups is 2. The first-order chi connectivity index (χ1) is 14.4. The summed E-state index contributed by atoms with van der Waals surface area (Å²) in [6.45, 7) is 0. The molecule has 2 rings (SSSR count). The van der Waals surface area contributed by atoms with Crippen molar-refractivity contribution in [1.82, 2.24) is 5.43 Å². The van der Waals surface area contributed by atoms with Crippen LogP contribution in [-0.4, -0.2) is 28.2 Å². The summed E-state index contributed by atoms with van der Waals surface area (Å²) < 4.78 is 0. The van der Waals surface area contributed by atoms with Crippen LogP contribution in [0.15, 0.2) is 41.5 Å². The number of anilines is 1. The second-order valence-corrected chi connectivity index (χ2v) is 7.44. The topological polar surface area (TPSA) is 111 Å². The third-order valence-corrected chi connectivity index (χ3v) is 4.69. The van der Waals surface area contributed by atoms with Crippen molar-refractivity contribution < 1.29 is 19.8 Å². The first-order valence-electron chi connectivity index (χ1n) is 9.44. The van der Waals surface area contributed by atoms with Crippen LogP contribution in [0.3, 0.4) is 0 Å². The van der Waals surface area contributed by atoms with Gasteiger partial charge in [-0.25, -0.2) is 5.43 Å². The molecule has 0 unspecified atom stereocenters. The van der Waals surface area contributed by atoms with Crippen LogP contribution in [-0.2, 0) is 9.59 Å². The Bertz CT molecular complexity index is 919. The second kappa shape index (κ2) is 12.0. The zero-order valence-corrected chi connectivity index (χ0v) is 17.7. The Morgan fingerprint density at radius 3 is 2.33 bits per heavy atom. The van der Waals surface area contributed by atoms with Gasteiger partial charge in [0.15, 0.2) is 0 Å². The van der Waals surface area contributed by atoms with E-state index in [-0.39, 0.29) is 28.3 Å². The quantitative estimate of drug-likeness (QED) is 0.179. The van der Waals surface area contributed by atoms with Gasteiger partial charge in [0, 0.05) is 23.4 Å². The van der Waals surface area contributed by atoms with Gasteiger partial charge in [-0.05, 0) is 37.1 Å². The standard InChI is InChI=1S/C21H23Cl2N3O4/c22-15-11-14(21(30)16(23)12-15)13-24-26-20(29)10-4-2-1-3-9-19(28)25-17-7-5-6-8-18(17)27/h5-8,11-13,27,30H,1-4,9-10H2,(H,25,28)(H,26,29)/b24-13+. The maximum atomic E-state index is 11.9. The molecule has 0 aliphatic carbocycles. The van der Waals surface area contributed by atoms with Crippen molar-refractivity contribution in [3.05, 3.63) is 52.0 Å². The van der Waals surface area contributed by atoms with Crippen molar-refractivity contribution in [1.29, 1.82) is 0 Å². The van der Waals surface area contributed by atoms with Gasteiger partial charge in [-0.2, -0.15) is 5.10 Å². The molecule has 0 heterocycles. The summed E-state index contributed by atoms with van der Waals surface area (Å²) in [5, 5.41) is 26.3. The zero-order chi connectivity index (χ0) is 21.9. The highest BCUT2D eigenvalue weighted by molar-refractivity contribution is 6.36. The molecule has 0 aromatic heterocycles. The zero-order valence-electron chi connectivity index (χ0n) is 16.2. The van der Waals surface area contributed by atoms with Crippen molar-refractivity contribution in [2.75, 3.05) is 5.32 Å². The maximum absolute atomic E-state index is 11.9. The molecule has 0 bridgehead atoms. The summed E-state index contributed by atoms with van der Waals surface area (Å²) in [7, 11) is 0. The Hall–Kier alpha value is -2.77. The first-order valence-corrected chi connectivity index (χ1v) is 10.2. The minimum Gasteiger partial charge on any atom is -0.506 e. The lowest BCUT2D eigenvalue weighted by molar-refractivity contribution is -0.121. The van der Waals surface area contributed by atoms with Crippen molar-refractivity contribution >= 4 is 46.9 Å². The number of nitrogens with one attached hydrogen (secondary N) is 2. The van der Waals surface area contributed by atoms with Crippen molar-refractivity contribution in [3.8, 4) is 11.5 Å². The third-order valence-electron chi connectivity index (χ3n) is 4.19. The third kappa shape index (κ3) is 7.93. The number of carbonyl (C=O) groups excluding carboxylic acids is 2. The average molecular weight is 452 g/mol. The minimum atomic E-state index is -0.254. The fourth-order valence-corrected chi connectivity index (χ4v) is 3.14. The van der Waals surface area contributed by atoms with Gasteiger partial charge in [-0.1, -0.05) is 48.2 Å². The lowest BCUT2D eigenvalue weighted by atomic mass is 10.1. The molecule has 2 aromatic rings. The normalized spacial score (nSPS) is 10.9. The molecule has 160 valence electrons. The summed E-state index contributed by atoms with van der Waals surface area (Å²) in [5.74, 6) is -0.539. The van der Waals surface area contributed by atoms with Gasteiger partial charge in [-0.3, -0.25) is 9.59 Å². The predicted molar refractivity (Wildman–Crippen MR) is 118 cm³/mol. The number of benzene rings is 2. The van der Waals surface area contributed by atoms with E-state index < -0.39 is 0 Å². The number of carbonyl (C=O) groups is 2. The highest BCUT2D eigenvalue weighted by Crippen LogP contribution is 2.29. The molecule has 30 heavy (non-hydrogen) atoms. The Labute approximate surface area is 184 Å². The van der Waals surface area contributed by atoms with Crippen LogP contribution < -0.4 is 10.7 Å². The molecule has 4 N–H and O–H groups in total. The van der Waals surface area contributed by atoms with E-state index in [2.05, 4.69) is 15.8 Å². The molecule has 2 aromatic carbocycles. The summed E-state index contributed by atoms with van der Waals surface area (Å²) in [5.41, 5.74) is 3.08. The molecule has 0 aliphatic heterocycles. The maximum Gasteiger partial charge on any atom is 0.240 e. The van der Waals surface area contributed by atoms with E-state index in [1.54, 1.807) is 18.2 Å². The van der Waals surface area contributed by atoms with E-state index in [1.807, 2.05) is 0 Å². The summed E-state index contributed by atoms with van der Waals surface area (Å²) in [6.07, 6.45) is 4.87. The summed E-state index contributed by atoms with van der Waals surface area (Å²) in [4.78, 5) is 23.7. The van der Waals surface area contributed by atoms with Crippen LogP contribution in [0.25, 0.3) is 0 Å². The molecular weight excluding hydrogens is 429 g/mol. The van der Waals surface area contributed by atoms with Gasteiger partial charge in [-0.15, -0.1) is 0 Å². The molecule has 0 atom stereocenters. The largest absolute Gasteiger partial charge is 0.506 e. The fourth-order valence-electron chi connectivity index (χ4n) is 2.63. The van der Waals surface area contributed by atoms with E-state index in [0.29, 0.717) is 42.0 Å². The molecule has 0 saturated carbocycles. The van der Waals surface area contributed by atoms with Crippen LogP contribution in [0.1, 0.15) is 44.1 Å². The fraction of sp³-hybridized carbons (Fsp3) is 0.286. The van der Waals surface area contributed by atoms with Crippen LogP contribution in [0.5, 0.6) is 11.5 Å². The SMILES string of the molecule is O=C(CCCCCCC(=O)Nc1ccccc1O)N/N=C/c1cc(Cl)cc(Cl)c1O. The van der Waals surface area contributed by atoms with Crippen LogP contribution >= 0.6 is 23.2 Å². The van der Waals surface area contributed by atoms with Gasteiger partial charge in [0.25, 0.3) is 0 Å². The lowest BCUT2D eigenvalue weighted by Gasteiger charge is -2.06. The number of rotatable bonds is 10. The number of unbranched alkanes of at least 4 members (excludes halogenated alkanes) is 3. The van der Waals surface area contributed by atoms with E-state index in [1.165, 1.54) is 24.4 Å². The number of halogens is 2. The number of hydrazone groups is 1. The molecule has 0 aliphatic rings. The van der Waals surface area contributed by atoms with Gasteiger partial charge in [0.05, 0.1) is 16.9 Å². The van der Waals surface area contributed by atoms with Gasteiger partial charge in [0.2, 0.25) is 11.8 Å². The number of hydrogen-bond acceptors (Lipinski definition) is 5. The molecule has 0 fully saturated rings. The van der Waals surface area contributed by atoms with Crippen LogP contribution in [0.4, 0.5) is 5.69 Å². The lowest BCUT2D eigenvalue weighted by Crippen LogP contribution is -2.17. The van der Waals surface area contributed by atoms with Crippen molar-refractivity contribution in [3.63, 3.8) is 0 Å². The molecule has 7 nitrogen and oxygen atoms in total. The second-order valence-electron chi connectivity index (χ2n) is 6.60. The number of para-hydroxylation sites is 2. The molecule has 9 heteroatoms. The van der Waals surface area contributed by atoms with E-state index in [9.17, 15) is 19.8 Å². The van der Waals surface area contributed by atoms with Crippen molar-refractivity contribution in [2.45, 2.75) is 38.5 Å². The van der Waals surface area contributed by atoms with Gasteiger partial charge >= 0.3 is 0 Å². The minimum absolute atomic E-state index is 0.0354. The van der Waals surface area contributed by atoms with Gasteiger partial charge < -0.3 is 15.5 Å². The molecule has 0 saturated heterocycles. The number of phenols is 2. The van der Waals surface area contributed by atoms with E-state index in [0.717, 1.165) is 12.8 Å². The number of hydrogen-bond donors (Lipinski definition) is 4. The van der Waals surface area contributed by atoms with E-state index in [4.69, 9.17) is 23.2 Å². The predicted octanol–water partition coefficient (Wildman–Crippen LogP) is 4.83. The number of amides is 2. The summed E-state index contributed by atoms with van der Waals surface area (Å²) >= 11 is 11.7. The average Bonchev–Trinajstić information content (AvgIpc) is 2.70. The highest BCUT2D eigenvalue weighted by atomic mass is 35.5. The van der Waals surface area contributed by atoms with Crippen LogP contribution in [0.2, 0.25) is 10.0 Å². The molecular formula is C21H23Cl2N3O4. The molecule has 0 spiro atoms. The Morgan fingerprint density at radius 1 is 0.967 bits per heavy atom. The van der Waals surface area contributed by atoms with Crippen molar-refractivity contribution in [2.24, 2.45) is 5.10 Å². The molecule has 0 radical (unpaired) electrons. The first kappa shape index (κ1) is 23.5. The smallest absolute Gasteiger partial charge is 0.240 e. The molecule has 2 amide bonds. The monoisotopic (exact) mass is 451 g/mol. The number of nitrogens with zero attached hydrogens (tertiary/aromatic N) is 1. The Morgan fingerprint density at radius 2 is 1.63 bits per heavy atom. The Balaban J connectivity index is 1.59.